The third kappa shape index (κ3) is 3.49. The minimum atomic E-state index is -4.43. The maximum absolute atomic E-state index is 12.7. The summed E-state index contributed by atoms with van der Waals surface area (Å²) in [6.45, 7) is 2.05. The highest BCUT2D eigenvalue weighted by molar-refractivity contribution is 5.98. The molecule has 0 spiro atoms. The van der Waals surface area contributed by atoms with E-state index in [4.69, 9.17) is 4.74 Å². The summed E-state index contributed by atoms with van der Waals surface area (Å²) in [4.78, 5) is 11.7. The van der Waals surface area contributed by atoms with Crippen molar-refractivity contribution >= 4 is 5.78 Å². The summed E-state index contributed by atoms with van der Waals surface area (Å²) in [5.74, 6) is 0.257. The van der Waals surface area contributed by atoms with Gasteiger partial charge in [0.2, 0.25) is 0 Å². The van der Waals surface area contributed by atoms with Crippen LogP contribution >= 0.6 is 0 Å². The Labute approximate surface area is 109 Å². The van der Waals surface area contributed by atoms with Gasteiger partial charge in [0, 0.05) is 6.42 Å². The molecule has 0 atom stereocenters. The summed E-state index contributed by atoms with van der Waals surface area (Å²) >= 11 is 0. The molecule has 1 aromatic rings. The molecule has 0 bridgehead atoms. The summed E-state index contributed by atoms with van der Waals surface area (Å²) in [6.07, 6.45) is -2.11. The van der Waals surface area contributed by atoms with Crippen molar-refractivity contribution in [3.63, 3.8) is 0 Å². The third-order valence-corrected chi connectivity index (χ3v) is 3.10. The number of rotatable bonds is 5. The molecule has 1 saturated carbocycles. The number of alkyl halides is 3. The molecule has 0 unspecified atom stereocenters. The van der Waals surface area contributed by atoms with Gasteiger partial charge in [-0.15, -0.1) is 0 Å². The summed E-state index contributed by atoms with van der Waals surface area (Å²) < 4.78 is 43.4. The van der Waals surface area contributed by atoms with Crippen LogP contribution in [0.3, 0.4) is 0 Å². The normalized spacial score (nSPS) is 15.4. The molecule has 19 heavy (non-hydrogen) atoms. The molecule has 1 aliphatic carbocycles. The Morgan fingerprint density at radius 2 is 2.05 bits per heavy atom. The summed E-state index contributed by atoms with van der Waals surface area (Å²) in [5, 5.41) is 0. The van der Waals surface area contributed by atoms with Gasteiger partial charge in [0.1, 0.15) is 5.75 Å². The van der Waals surface area contributed by atoms with Crippen LogP contribution < -0.4 is 4.74 Å². The highest BCUT2D eigenvalue weighted by atomic mass is 19.4. The van der Waals surface area contributed by atoms with Gasteiger partial charge in [0.15, 0.2) is 5.78 Å². The second kappa shape index (κ2) is 5.23. The molecule has 0 N–H and O–H groups in total. The number of ketones is 1. The first kappa shape index (κ1) is 13.9. The molecule has 104 valence electrons. The minimum Gasteiger partial charge on any atom is -0.493 e. The quantitative estimate of drug-likeness (QED) is 0.755. The first-order valence-electron chi connectivity index (χ1n) is 6.29. The van der Waals surface area contributed by atoms with Gasteiger partial charge in [0.25, 0.3) is 0 Å². The van der Waals surface area contributed by atoms with Gasteiger partial charge in [-0.05, 0) is 37.0 Å². The number of Topliss-reactive ketones (excluding diaryl/α,β-unsaturated/α-hetero) is 1. The van der Waals surface area contributed by atoms with E-state index in [2.05, 4.69) is 0 Å². The van der Waals surface area contributed by atoms with E-state index in [9.17, 15) is 18.0 Å². The Balaban J connectivity index is 2.28. The predicted molar refractivity (Wildman–Crippen MR) is 64.3 cm³/mol. The maximum atomic E-state index is 12.7. The van der Waals surface area contributed by atoms with Crippen LogP contribution in [0, 0.1) is 5.92 Å². The van der Waals surface area contributed by atoms with Gasteiger partial charge >= 0.3 is 6.18 Å². The maximum Gasteiger partial charge on any atom is 0.416 e. The highest BCUT2D eigenvalue weighted by Crippen LogP contribution is 2.35. The lowest BCUT2D eigenvalue weighted by Gasteiger charge is -2.13. The molecule has 1 fully saturated rings. The number of hydrogen-bond donors (Lipinski definition) is 0. The molecule has 0 amide bonds. The van der Waals surface area contributed by atoms with Crippen molar-refractivity contribution in [1.82, 2.24) is 0 Å². The van der Waals surface area contributed by atoms with Crippen molar-refractivity contribution in [3.05, 3.63) is 29.3 Å². The van der Waals surface area contributed by atoms with E-state index in [0.717, 1.165) is 25.0 Å². The van der Waals surface area contributed by atoms with Crippen LogP contribution in [0.2, 0.25) is 0 Å². The molecule has 1 aliphatic rings. The fourth-order valence-electron chi connectivity index (χ4n) is 1.73. The molecule has 0 aromatic heterocycles. The van der Waals surface area contributed by atoms with Crippen molar-refractivity contribution in [1.29, 1.82) is 0 Å². The number of carbonyl (C=O) groups is 1. The van der Waals surface area contributed by atoms with Crippen LogP contribution in [0.15, 0.2) is 18.2 Å². The van der Waals surface area contributed by atoms with Crippen LogP contribution in [0.1, 0.15) is 42.1 Å². The van der Waals surface area contributed by atoms with Gasteiger partial charge < -0.3 is 4.74 Å². The molecule has 5 heteroatoms. The fourth-order valence-corrected chi connectivity index (χ4v) is 1.73. The van der Waals surface area contributed by atoms with E-state index in [-0.39, 0.29) is 23.5 Å². The Morgan fingerprint density at radius 1 is 1.37 bits per heavy atom. The average molecular weight is 272 g/mol. The Kier molecular flexibility index (Phi) is 3.83. The van der Waals surface area contributed by atoms with E-state index in [1.54, 1.807) is 6.92 Å². The van der Waals surface area contributed by atoms with E-state index < -0.39 is 11.7 Å². The smallest absolute Gasteiger partial charge is 0.416 e. The fraction of sp³-hybridized carbons (Fsp3) is 0.500. The number of halogens is 3. The molecule has 0 heterocycles. The van der Waals surface area contributed by atoms with Gasteiger partial charge in [-0.3, -0.25) is 4.79 Å². The standard InChI is InChI=1S/C14H15F3O2/c1-2-12(18)11-6-5-10(14(15,16)17)7-13(11)19-8-9-3-4-9/h5-7,9H,2-4,8H2,1H3. The van der Waals surface area contributed by atoms with E-state index in [1.165, 1.54) is 6.07 Å². The van der Waals surface area contributed by atoms with Crippen LogP contribution in [-0.4, -0.2) is 12.4 Å². The van der Waals surface area contributed by atoms with Crippen molar-refractivity contribution in [2.45, 2.75) is 32.4 Å². The molecule has 0 saturated heterocycles. The van der Waals surface area contributed by atoms with Crippen LogP contribution in [0.4, 0.5) is 13.2 Å². The molecule has 1 aromatic carbocycles. The summed E-state index contributed by atoms with van der Waals surface area (Å²) in [5.41, 5.74) is -0.554. The molecule has 2 nitrogen and oxygen atoms in total. The largest absolute Gasteiger partial charge is 0.493 e. The summed E-state index contributed by atoms with van der Waals surface area (Å²) in [6, 6.07) is 3.05. The SMILES string of the molecule is CCC(=O)c1ccc(C(F)(F)F)cc1OCC1CC1. The lowest BCUT2D eigenvalue weighted by molar-refractivity contribution is -0.137. The van der Waals surface area contributed by atoms with Crippen molar-refractivity contribution in [2.75, 3.05) is 6.61 Å². The van der Waals surface area contributed by atoms with Crippen LogP contribution in [0.25, 0.3) is 0 Å². The lowest BCUT2D eigenvalue weighted by atomic mass is 10.0. The van der Waals surface area contributed by atoms with Crippen LogP contribution in [-0.2, 0) is 6.18 Å². The van der Waals surface area contributed by atoms with E-state index in [0.29, 0.717) is 12.5 Å². The molecule has 0 radical (unpaired) electrons. The number of carbonyl (C=O) groups excluding carboxylic acids is 1. The zero-order valence-electron chi connectivity index (χ0n) is 10.6. The molecule has 2 rings (SSSR count). The van der Waals surface area contributed by atoms with Gasteiger partial charge in [0.05, 0.1) is 17.7 Å². The minimum absolute atomic E-state index is 0.0496. The molecule has 0 aliphatic heterocycles. The Bertz CT molecular complexity index is 476. The Morgan fingerprint density at radius 3 is 2.58 bits per heavy atom. The average Bonchev–Trinajstić information content (AvgIpc) is 3.18. The predicted octanol–water partition coefficient (Wildman–Crippen LogP) is 4.09. The van der Waals surface area contributed by atoms with Crippen molar-refractivity contribution < 1.29 is 22.7 Å². The summed E-state index contributed by atoms with van der Waals surface area (Å²) in [7, 11) is 0. The van der Waals surface area contributed by atoms with Gasteiger partial charge in [-0.1, -0.05) is 6.92 Å². The first-order valence-corrected chi connectivity index (χ1v) is 6.29. The number of benzene rings is 1. The lowest BCUT2D eigenvalue weighted by Crippen LogP contribution is -2.10. The van der Waals surface area contributed by atoms with Crippen LogP contribution in [0.5, 0.6) is 5.75 Å². The first-order chi connectivity index (χ1) is 8.91. The second-order valence-corrected chi connectivity index (χ2v) is 4.74. The Hall–Kier alpha value is -1.52. The van der Waals surface area contributed by atoms with Gasteiger partial charge in [-0.25, -0.2) is 0 Å². The zero-order chi connectivity index (χ0) is 14.0. The second-order valence-electron chi connectivity index (χ2n) is 4.74. The monoisotopic (exact) mass is 272 g/mol. The van der Waals surface area contributed by atoms with E-state index in [1.807, 2.05) is 0 Å². The molecular weight excluding hydrogens is 257 g/mol. The van der Waals surface area contributed by atoms with Crippen molar-refractivity contribution in [3.8, 4) is 5.75 Å². The third-order valence-electron chi connectivity index (χ3n) is 3.10. The molecular formula is C14H15F3O2. The number of ether oxygens (including phenoxy) is 1. The van der Waals surface area contributed by atoms with E-state index >= 15 is 0 Å². The van der Waals surface area contributed by atoms with Gasteiger partial charge in [-0.2, -0.15) is 13.2 Å². The highest BCUT2D eigenvalue weighted by Gasteiger charge is 2.32. The zero-order valence-corrected chi connectivity index (χ0v) is 10.6. The number of hydrogen-bond acceptors (Lipinski definition) is 2. The van der Waals surface area contributed by atoms with Crippen molar-refractivity contribution in [2.24, 2.45) is 5.92 Å². The topological polar surface area (TPSA) is 26.3 Å².